The zero-order valence-corrected chi connectivity index (χ0v) is 22.5. The van der Waals surface area contributed by atoms with E-state index in [1.165, 1.54) is 0 Å². The Morgan fingerprint density at radius 2 is 1.76 bits per heavy atom. The maximum Gasteiger partial charge on any atom is 0.261 e. The van der Waals surface area contributed by atoms with Crippen LogP contribution >= 0.6 is 23.2 Å². The summed E-state index contributed by atoms with van der Waals surface area (Å²) < 4.78 is 5.99. The number of halogens is 2. The average Bonchev–Trinajstić information content (AvgIpc) is 2.76. The van der Waals surface area contributed by atoms with Gasteiger partial charge in [0.05, 0.1) is 0 Å². The lowest BCUT2D eigenvalue weighted by Crippen LogP contribution is -2.50. The van der Waals surface area contributed by atoms with Crippen molar-refractivity contribution in [1.82, 2.24) is 10.2 Å². The summed E-state index contributed by atoms with van der Waals surface area (Å²) in [4.78, 5) is 28.0. The fourth-order valence-electron chi connectivity index (χ4n) is 3.61. The number of para-hydroxylation sites is 1. The number of carbonyl (C=O) groups is 2. The van der Waals surface area contributed by atoms with Gasteiger partial charge in [0.15, 0.2) is 6.61 Å². The monoisotopic (exact) mass is 506 g/mol. The van der Waals surface area contributed by atoms with Crippen LogP contribution in [0.4, 0.5) is 0 Å². The number of ether oxygens (including phenoxy) is 1. The summed E-state index contributed by atoms with van der Waals surface area (Å²) in [5.74, 6) is 0.477. The summed E-state index contributed by atoms with van der Waals surface area (Å²) in [6, 6.07) is 12.2. The van der Waals surface area contributed by atoms with Crippen molar-refractivity contribution < 1.29 is 14.3 Å². The molecule has 7 heteroatoms. The zero-order valence-electron chi connectivity index (χ0n) is 21.0. The molecule has 0 heterocycles. The van der Waals surface area contributed by atoms with Crippen LogP contribution in [0.2, 0.25) is 10.0 Å². The number of amides is 2. The second-order valence-electron chi connectivity index (χ2n) is 9.86. The molecule has 2 aromatic rings. The second-order valence-corrected chi connectivity index (χ2v) is 10.7. The third kappa shape index (κ3) is 7.92. The molecule has 0 aromatic heterocycles. The Morgan fingerprint density at radius 3 is 2.35 bits per heavy atom. The van der Waals surface area contributed by atoms with Gasteiger partial charge in [0.1, 0.15) is 11.8 Å². The Kier molecular flexibility index (Phi) is 10.3. The van der Waals surface area contributed by atoms with Gasteiger partial charge >= 0.3 is 0 Å². The molecule has 0 unspecified atom stereocenters. The molecule has 2 rings (SSSR count). The third-order valence-electron chi connectivity index (χ3n) is 5.47. The van der Waals surface area contributed by atoms with E-state index in [2.05, 4.69) is 26.1 Å². The Bertz CT molecular complexity index is 986. The van der Waals surface area contributed by atoms with Crippen molar-refractivity contribution >= 4 is 35.0 Å². The van der Waals surface area contributed by atoms with Gasteiger partial charge in [0, 0.05) is 23.1 Å². The Hall–Kier alpha value is -2.24. The second kappa shape index (κ2) is 12.5. The third-order valence-corrected chi connectivity index (χ3v) is 6.06. The van der Waals surface area contributed by atoms with Crippen LogP contribution in [0.5, 0.6) is 5.75 Å². The quantitative estimate of drug-likeness (QED) is 0.414. The van der Waals surface area contributed by atoms with E-state index in [4.69, 9.17) is 27.9 Å². The van der Waals surface area contributed by atoms with Gasteiger partial charge in [-0.3, -0.25) is 9.59 Å². The molecule has 34 heavy (non-hydrogen) atoms. The molecule has 2 aromatic carbocycles. The van der Waals surface area contributed by atoms with Crippen molar-refractivity contribution in [1.29, 1.82) is 0 Å². The molecule has 0 aliphatic rings. The molecule has 0 aliphatic carbocycles. The standard InChI is InChI=1S/C27H36Cl2N2O3/c1-7-23(26(33)30-15-18(2)3)31(16-19-12-13-20(28)14-22(19)29)25(32)17-34-24-11-9-8-10-21(24)27(4,5)6/h8-14,18,23H,7,15-17H2,1-6H3,(H,30,33)/t23-/m1/s1. The minimum Gasteiger partial charge on any atom is -0.483 e. The highest BCUT2D eigenvalue weighted by molar-refractivity contribution is 6.35. The van der Waals surface area contributed by atoms with Crippen LogP contribution in [0.15, 0.2) is 42.5 Å². The lowest BCUT2D eigenvalue weighted by molar-refractivity contribution is -0.143. The number of nitrogens with zero attached hydrogens (tertiary/aromatic N) is 1. The molecular weight excluding hydrogens is 471 g/mol. The van der Waals surface area contributed by atoms with E-state index in [0.717, 1.165) is 5.56 Å². The largest absolute Gasteiger partial charge is 0.483 e. The molecule has 0 saturated heterocycles. The number of benzene rings is 2. The molecular formula is C27H36Cl2N2O3. The van der Waals surface area contributed by atoms with Crippen molar-refractivity contribution in [3.05, 3.63) is 63.6 Å². The van der Waals surface area contributed by atoms with E-state index in [1.54, 1.807) is 23.1 Å². The Balaban J connectivity index is 2.30. The molecule has 0 saturated carbocycles. The van der Waals surface area contributed by atoms with Gasteiger partial charge in [-0.1, -0.05) is 89.0 Å². The number of hydrogen-bond donors (Lipinski definition) is 1. The first kappa shape index (κ1) is 28.0. The van der Waals surface area contributed by atoms with Crippen molar-refractivity contribution in [2.45, 2.75) is 66.0 Å². The molecule has 0 radical (unpaired) electrons. The van der Waals surface area contributed by atoms with Gasteiger partial charge in [-0.15, -0.1) is 0 Å². The molecule has 2 amide bonds. The van der Waals surface area contributed by atoms with Crippen molar-refractivity contribution in [3.8, 4) is 5.75 Å². The first-order valence-electron chi connectivity index (χ1n) is 11.7. The fourth-order valence-corrected chi connectivity index (χ4v) is 4.08. The average molecular weight is 508 g/mol. The number of carbonyl (C=O) groups excluding carboxylic acids is 2. The lowest BCUT2D eigenvalue weighted by atomic mass is 9.86. The Morgan fingerprint density at radius 1 is 1.09 bits per heavy atom. The van der Waals surface area contributed by atoms with Crippen molar-refractivity contribution in [2.24, 2.45) is 5.92 Å². The number of rotatable bonds is 10. The molecule has 0 bridgehead atoms. The summed E-state index contributed by atoms with van der Waals surface area (Å²) in [6.45, 7) is 12.7. The van der Waals surface area contributed by atoms with Gasteiger partial charge in [-0.05, 0) is 47.1 Å². The summed E-state index contributed by atoms with van der Waals surface area (Å²) >= 11 is 12.4. The van der Waals surface area contributed by atoms with Gasteiger partial charge in [0.2, 0.25) is 5.91 Å². The van der Waals surface area contributed by atoms with Crippen LogP contribution in [0, 0.1) is 5.92 Å². The topological polar surface area (TPSA) is 58.6 Å². The fraction of sp³-hybridized carbons (Fsp3) is 0.481. The van der Waals surface area contributed by atoms with Crippen LogP contribution in [-0.2, 0) is 21.5 Å². The van der Waals surface area contributed by atoms with Crippen LogP contribution in [0.25, 0.3) is 0 Å². The molecule has 5 nitrogen and oxygen atoms in total. The summed E-state index contributed by atoms with van der Waals surface area (Å²) in [7, 11) is 0. The number of hydrogen-bond acceptors (Lipinski definition) is 3. The van der Waals surface area contributed by atoms with Crippen LogP contribution in [0.1, 0.15) is 59.1 Å². The lowest BCUT2D eigenvalue weighted by Gasteiger charge is -2.31. The number of nitrogens with one attached hydrogen (secondary N) is 1. The maximum absolute atomic E-state index is 13.5. The predicted octanol–water partition coefficient (Wildman–Crippen LogP) is 6.25. The van der Waals surface area contributed by atoms with Gasteiger partial charge in [-0.25, -0.2) is 0 Å². The van der Waals surface area contributed by atoms with Crippen LogP contribution < -0.4 is 10.1 Å². The maximum atomic E-state index is 13.5. The van der Waals surface area contributed by atoms with Crippen molar-refractivity contribution in [2.75, 3.05) is 13.2 Å². The van der Waals surface area contributed by atoms with Crippen LogP contribution in [0.3, 0.4) is 0 Å². The SMILES string of the molecule is CC[C@H](C(=O)NCC(C)C)N(Cc1ccc(Cl)cc1Cl)C(=O)COc1ccccc1C(C)(C)C. The van der Waals surface area contributed by atoms with Gasteiger partial charge in [0.25, 0.3) is 5.91 Å². The van der Waals surface area contributed by atoms with E-state index >= 15 is 0 Å². The first-order chi connectivity index (χ1) is 15.9. The minimum absolute atomic E-state index is 0.140. The highest BCUT2D eigenvalue weighted by Crippen LogP contribution is 2.31. The Labute approximate surface area is 213 Å². The van der Waals surface area contributed by atoms with Crippen LogP contribution in [-0.4, -0.2) is 35.9 Å². The van der Waals surface area contributed by atoms with Crippen molar-refractivity contribution in [3.63, 3.8) is 0 Å². The summed E-state index contributed by atoms with van der Waals surface area (Å²) in [5.41, 5.74) is 1.58. The first-order valence-corrected chi connectivity index (χ1v) is 12.4. The predicted molar refractivity (Wildman–Crippen MR) is 140 cm³/mol. The molecule has 1 N–H and O–H groups in total. The van der Waals surface area contributed by atoms with E-state index in [0.29, 0.717) is 40.2 Å². The van der Waals surface area contributed by atoms with E-state index in [-0.39, 0.29) is 30.4 Å². The van der Waals surface area contributed by atoms with E-state index in [9.17, 15) is 9.59 Å². The minimum atomic E-state index is -0.653. The molecule has 186 valence electrons. The molecule has 0 spiro atoms. The van der Waals surface area contributed by atoms with Gasteiger partial charge < -0.3 is 15.0 Å². The molecule has 1 atom stereocenters. The zero-order chi connectivity index (χ0) is 25.5. The normalized spacial score (nSPS) is 12.4. The van der Waals surface area contributed by atoms with Gasteiger partial charge in [-0.2, -0.15) is 0 Å². The summed E-state index contributed by atoms with van der Waals surface area (Å²) in [5, 5.41) is 3.91. The highest BCUT2D eigenvalue weighted by Gasteiger charge is 2.30. The molecule has 0 aliphatic heterocycles. The van der Waals surface area contributed by atoms with E-state index in [1.807, 2.05) is 45.0 Å². The molecule has 0 fully saturated rings. The van der Waals surface area contributed by atoms with E-state index < -0.39 is 6.04 Å². The summed E-state index contributed by atoms with van der Waals surface area (Å²) in [6.07, 6.45) is 0.458. The highest BCUT2D eigenvalue weighted by atomic mass is 35.5. The smallest absolute Gasteiger partial charge is 0.261 e.